The number of rotatable bonds is 6. The molecule has 0 spiro atoms. The van der Waals surface area contributed by atoms with Crippen molar-refractivity contribution >= 4 is 17.7 Å². The molecule has 0 radical (unpaired) electrons. The number of aromatic amines is 2. The summed E-state index contributed by atoms with van der Waals surface area (Å²) in [6.07, 6.45) is 7.80. The van der Waals surface area contributed by atoms with E-state index in [0.29, 0.717) is 22.4 Å². The Hall–Kier alpha value is -4.02. The number of fused-ring (bicyclic) bond motifs is 1. The fraction of sp³-hybridized carbons (Fsp3) is 0.300. The number of aromatic nitrogens is 7. The van der Waals surface area contributed by atoms with Crippen LogP contribution in [0.5, 0.6) is 5.88 Å². The summed E-state index contributed by atoms with van der Waals surface area (Å²) in [4.78, 5) is 34.6. The van der Waals surface area contributed by atoms with Crippen molar-refractivity contribution < 1.29 is 5.11 Å². The lowest BCUT2D eigenvalue weighted by Gasteiger charge is -2.16. The second-order valence-corrected chi connectivity index (χ2v) is 7.39. The fourth-order valence-electron chi connectivity index (χ4n) is 3.27. The number of nitrogens with zero attached hydrogens (tertiary/aromatic N) is 6. The Kier molecular flexibility index (Phi) is 4.69. The van der Waals surface area contributed by atoms with Gasteiger partial charge in [0, 0.05) is 11.4 Å². The molecule has 4 aromatic heterocycles. The van der Waals surface area contributed by atoms with E-state index in [2.05, 4.69) is 47.3 Å². The molecule has 31 heavy (non-hydrogen) atoms. The molecule has 1 aliphatic carbocycles. The van der Waals surface area contributed by atoms with Gasteiger partial charge >= 0.3 is 5.69 Å². The van der Waals surface area contributed by atoms with Gasteiger partial charge in [-0.2, -0.15) is 19.6 Å². The van der Waals surface area contributed by atoms with E-state index in [9.17, 15) is 9.90 Å². The van der Waals surface area contributed by atoms with Crippen LogP contribution in [0, 0.1) is 0 Å². The van der Waals surface area contributed by atoms with Gasteiger partial charge in [0.05, 0.1) is 24.0 Å². The Bertz CT molecular complexity index is 1400. The van der Waals surface area contributed by atoms with Crippen molar-refractivity contribution in [2.75, 3.05) is 5.32 Å². The van der Waals surface area contributed by atoms with Crippen LogP contribution in [-0.2, 0) is 0 Å². The second kappa shape index (κ2) is 7.67. The summed E-state index contributed by atoms with van der Waals surface area (Å²) in [5, 5.41) is 18.2. The van der Waals surface area contributed by atoms with Crippen molar-refractivity contribution in [3.63, 3.8) is 0 Å². The molecule has 0 bridgehead atoms. The molecule has 0 aromatic carbocycles. The van der Waals surface area contributed by atoms with Crippen molar-refractivity contribution in [1.82, 2.24) is 34.5 Å². The average Bonchev–Trinajstić information content (AvgIpc) is 3.41. The van der Waals surface area contributed by atoms with Gasteiger partial charge in [-0.3, -0.25) is 9.97 Å². The van der Waals surface area contributed by atoms with Crippen molar-refractivity contribution in [3.05, 3.63) is 63.3 Å². The Morgan fingerprint density at radius 1 is 1.35 bits per heavy atom. The number of aromatic hydroxyl groups is 1. The first-order valence-corrected chi connectivity index (χ1v) is 10.1. The van der Waals surface area contributed by atoms with E-state index in [0.717, 1.165) is 25.0 Å². The van der Waals surface area contributed by atoms with Crippen molar-refractivity contribution in [2.45, 2.75) is 38.3 Å². The standard InChI is InChI=1S/C20H21N9O2/c1-2-13(14-5-3-4-8-21-14)24-18-26-16-11(9-15-17(30)27-20(31)25-15)10-22-29(16)19(28-18)23-12-6-7-12/h3-5,8-10,12-13,30H,2,6-7H2,1H3,(H,23,24,28)(H2,25,27,31). The van der Waals surface area contributed by atoms with Gasteiger partial charge in [0.2, 0.25) is 11.8 Å². The van der Waals surface area contributed by atoms with Gasteiger partial charge < -0.3 is 15.4 Å². The fourth-order valence-corrected chi connectivity index (χ4v) is 3.27. The first kappa shape index (κ1) is 19.0. The van der Waals surface area contributed by atoms with Crippen LogP contribution in [0.25, 0.3) is 11.7 Å². The summed E-state index contributed by atoms with van der Waals surface area (Å²) in [5.41, 5.74) is 1.60. The van der Waals surface area contributed by atoms with E-state index >= 15 is 0 Å². The number of pyridine rings is 1. The van der Waals surface area contributed by atoms with Gasteiger partial charge in [0.15, 0.2) is 5.65 Å². The Labute approximate surface area is 175 Å². The van der Waals surface area contributed by atoms with E-state index in [-0.39, 0.29) is 23.7 Å². The molecular weight excluding hydrogens is 398 g/mol. The highest BCUT2D eigenvalue weighted by molar-refractivity contribution is 5.57. The van der Waals surface area contributed by atoms with E-state index in [1.54, 1.807) is 23.0 Å². The molecule has 1 atom stereocenters. The number of imidazole rings is 1. The van der Waals surface area contributed by atoms with E-state index in [1.807, 2.05) is 18.2 Å². The largest absolute Gasteiger partial charge is 0.493 e. The van der Waals surface area contributed by atoms with Crippen LogP contribution in [0.4, 0.5) is 5.95 Å². The van der Waals surface area contributed by atoms with E-state index < -0.39 is 5.69 Å². The minimum Gasteiger partial charge on any atom is -0.493 e. The lowest BCUT2D eigenvalue weighted by molar-refractivity contribution is 0.454. The normalized spacial score (nSPS) is 16.2. The summed E-state index contributed by atoms with van der Waals surface area (Å²) in [6.45, 7) is 2.06. The molecule has 0 aliphatic heterocycles. The van der Waals surface area contributed by atoms with E-state index in [1.165, 1.54) is 0 Å². The van der Waals surface area contributed by atoms with Crippen LogP contribution in [0.15, 0.2) is 40.4 Å². The van der Waals surface area contributed by atoms with Crippen LogP contribution < -0.4 is 21.8 Å². The molecule has 1 saturated carbocycles. The molecule has 4 heterocycles. The Morgan fingerprint density at radius 3 is 2.90 bits per heavy atom. The van der Waals surface area contributed by atoms with Crippen LogP contribution >= 0.6 is 0 Å². The third-order valence-electron chi connectivity index (χ3n) is 5.01. The molecular formula is C20H21N9O2. The molecule has 11 heteroatoms. The molecule has 1 unspecified atom stereocenters. The number of H-pyrrole nitrogens is 2. The van der Waals surface area contributed by atoms with Crippen molar-refractivity contribution in [3.8, 4) is 5.88 Å². The first-order valence-electron chi connectivity index (χ1n) is 10.1. The SMILES string of the molecule is CCC(Nc1nc(=NC2CC2)n2ncc(=Cc3[nH]c(=O)[nH]c3O)c2n1)c1ccccn1. The monoisotopic (exact) mass is 419 g/mol. The highest BCUT2D eigenvalue weighted by atomic mass is 16.3. The highest BCUT2D eigenvalue weighted by Gasteiger charge is 2.21. The third kappa shape index (κ3) is 3.89. The minimum absolute atomic E-state index is 0.0714. The molecule has 0 amide bonds. The van der Waals surface area contributed by atoms with Gasteiger partial charge in [0.25, 0.3) is 5.62 Å². The smallest absolute Gasteiger partial charge is 0.326 e. The van der Waals surface area contributed by atoms with Crippen LogP contribution in [-0.4, -0.2) is 45.7 Å². The predicted molar refractivity (Wildman–Crippen MR) is 112 cm³/mol. The molecule has 4 N–H and O–H groups in total. The molecule has 158 valence electrons. The molecule has 5 rings (SSSR count). The molecule has 11 nitrogen and oxygen atoms in total. The Balaban J connectivity index is 1.64. The van der Waals surface area contributed by atoms with Crippen LogP contribution in [0.2, 0.25) is 0 Å². The lowest BCUT2D eigenvalue weighted by atomic mass is 10.1. The minimum atomic E-state index is -0.497. The van der Waals surface area contributed by atoms with Gasteiger partial charge in [-0.1, -0.05) is 13.0 Å². The molecule has 1 fully saturated rings. The quantitative estimate of drug-likeness (QED) is 0.354. The zero-order valence-corrected chi connectivity index (χ0v) is 16.8. The zero-order valence-electron chi connectivity index (χ0n) is 16.8. The van der Waals surface area contributed by atoms with Crippen molar-refractivity contribution in [2.24, 2.45) is 4.99 Å². The summed E-state index contributed by atoms with van der Waals surface area (Å²) in [7, 11) is 0. The Morgan fingerprint density at radius 2 is 2.23 bits per heavy atom. The van der Waals surface area contributed by atoms with Gasteiger partial charge in [-0.15, -0.1) is 0 Å². The van der Waals surface area contributed by atoms with Gasteiger partial charge in [-0.05, 0) is 37.5 Å². The highest BCUT2D eigenvalue weighted by Crippen LogP contribution is 2.22. The van der Waals surface area contributed by atoms with Crippen LogP contribution in [0.1, 0.15) is 43.6 Å². The maximum absolute atomic E-state index is 11.5. The number of hydrogen-bond donors (Lipinski definition) is 4. The first-order chi connectivity index (χ1) is 15.1. The molecule has 4 aromatic rings. The number of nitrogens with one attached hydrogen (secondary N) is 3. The van der Waals surface area contributed by atoms with Crippen LogP contribution in [0.3, 0.4) is 0 Å². The zero-order chi connectivity index (χ0) is 21.4. The average molecular weight is 419 g/mol. The predicted octanol–water partition coefficient (Wildman–Crippen LogP) is 0.415. The number of anilines is 1. The summed E-state index contributed by atoms with van der Waals surface area (Å²) in [6, 6.07) is 5.95. The second-order valence-electron chi connectivity index (χ2n) is 7.39. The van der Waals surface area contributed by atoms with Crippen molar-refractivity contribution in [1.29, 1.82) is 0 Å². The van der Waals surface area contributed by atoms with Gasteiger partial charge in [-0.25, -0.2) is 9.79 Å². The number of hydrogen-bond acceptors (Lipinski definition) is 8. The van der Waals surface area contributed by atoms with Gasteiger partial charge in [0.1, 0.15) is 5.69 Å². The molecule has 0 saturated heterocycles. The maximum atomic E-state index is 11.5. The lowest BCUT2D eigenvalue weighted by Crippen LogP contribution is -2.26. The maximum Gasteiger partial charge on any atom is 0.326 e. The topological polar surface area (TPSA) is 149 Å². The summed E-state index contributed by atoms with van der Waals surface area (Å²) < 4.78 is 1.57. The molecule has 1 aliphatic rings. The van der Waals surface area contributed by atoms with E-state index in [4.69, 9.17) is 0 Å². The third-order valence-corrected chi connectivity index (χ3v) is 5.01. The summed E-state index contributed by atoms with van der Waals surface area (Å²) >= 11 is 0. The summed E-state index contributed by atoms with van der Waals surface area (Å²) in [5.74, 6) is 0.159.